The number of hydrogen-bond acceptors (Lipinski definition) is 3. The molecule has 0 radical (unpaired) electrons. The van der Waals surface area contributed by atoms with Crippen molar-refractivity contribution in [1.82, 2.24) is 9.97 Å². The Kier molecular flexibility index (Phi) is 6.32. The Morgan fingerprint density at radius 2 is 1.53 bits per heavy atom. The normalized spacial score (nSPS) is 14.1. The van der Waals surface area contributed by atoms with Crippen LogP contribution in [0.4, 0.5) is 11.4 Å². The molecule has 1 saturated carbocycles. The van der Waals surface area contributed by atoms with Crippen LogP contribution in [0.3, 0.4) is 0 Å². The van der Waals surface area contributed by atoms with Gasteiger partial charge in [0, 0.05) is 33.4 Å². The van der Waals surface area contributed by atoms with Crippen molar-refractivity contribution in [1.29, 1.82) is 0 Å². The molecule has 1 aliphatic carbocycles. The molecule has 0 spiro atoms. The fourth-order valence-corrected chi connectivity index (χ4v) is 4.47. The second-order valence-electron chi connectivity index (χ2n) is 8.68. The van der Waals surface area contributed by atoms with E-state index in [0.717, 1.165) is 42.5 Å². The largest absolute Gasteiger partial charge is 0.338 e. The number of carbonyl (C=O) groups is 2. The van der Waals surface area contributed by atoms with Gasteiger partial charge < -0.3 is 15.6 Å². The first-order valence-electron chi connectivity index (χ1n) is 11.5. The standard InChI is InChI=1S/C27H25ClN4O2/c28-20-9-13-22(14-10-20)30-27(34)19-8-15-23-24(16-19)32-25(31-23)17-6-11-21(12-7-17)29-26(33)18-4-2-1-3-5-18/h6-16,18H,1-5H2,(H,29,33)(H,30,34)(H,31,32). The van der Waals surface area contributed by atoms with Crippen molar-refractivity contribution < 1.29 is 9.59 Å². The number of benzene rings is 3. The summed E-state index contributed by atoms with van der Waals surface area (Å²) in [6.45, 7) is 0. The third kappa shape index (κ3) is 4.97. The first kappa shape index (κ1) is 22.2. The monoisotopic (exact) mass is 472 g/mol. The van der Waals surface area contributed by atoms with Crippen LogP contribution in [-0.4, -0.2) is 21.8 Å². The van der Waals surface area contributed by atoms with Crippen LogP contribution in [0.1, 0.15) is 42.5 Å². The Morgan fingerprint density at radius 3 is 2.26 bits per heavy atom. The minimum absolute atomic E-state index is 0.112. The fourth-order valence-electron chi connectivity index (χ4n) is 4.34. The number of hydrogen-bond donors (Lipinski definition) is 3. The van der Waals surface area contributed by atoms with Gasteiger partial charge in [-0.1, -0.05) is 30.9 Å². The summed E-state index contributed by atoms with van der Waals surface area (Å²) in [7, 11) is 0. The average Bonchev–Trinajstić information content (AvgIpc) is 3.30. The van der Waals surface area contributed by atoms with E-state index < -0.39 is 0 Å². The van der Waals surface area contributed by atoms with E-state index in [1.807, 2.05) is 30.3 Å². The summed E-state index contributed by atoms with van der Waals surface area (Å²) in [6, 6.07) is 20.0. The van der Waals surface area contributed by atoms with Gasteiger partial charge in [-0.05, 0) is 79.6 Å². The van der Waals surface area contributed by atoms with Crippen molar-refractivity contribution in [3.8, 4) is 11.4 Å². The summed E-state index contributed by atoms with van der Waals surface area (Å²) >= 11 is 5.90. The molecule has 0 saturated heterocycles. The SMILES string of the molecule is O=C(Nc1ccc(Cl)cc1)c1ccc2[nH]c(-c3ccc(NC(=O)C4CCCCC4)cc3)nc2c1. The van der Waals surface area contributed by atoms with Gasteiger partial charge in [0.2, 0.25) is 5.91 Å². The van der Waals surface area contributed by atoms with Gasteiger partial charge in [0.15, 0.2) is 0 Å². The van der Waals surface area contributed by atoms with Crippen LogP contribution < -0.4 is 10.6 Å². The highest BCUT2D eigenvalue weighted by atomic mass is 35.5. The van der Waals surface area contributed by atoms with Gasteiger partial charge in [-0.15, -0.1) is 0 Å². The molecular formula is C27H25ClN4O2. The Bertz CT molecular complexity index is 1320. The van der Waals surface area contributed by atoms with Crippen molar-refractivity contribution >= 4 is 45.8 Å². The minimum Gasteiger partial charge on any atom is -0.338 e. The van der Waals surface area contributed by atoms with Gasteiger partial charge in [-0.3, -0.25) is 9.59 Å². The number of imidazole rings is 1. The fraction of sp³-hybridized carbons (Fsp3) is 0.222. The van der Waals surface area contributed by atoms with Crippen LogP contribution in [0.2, 0.25) is 5.02 Å². The molecule has 7 heteroatoms. The van der Waals surface area contributed by atoms with E-state index in [1.54, 1.807) is 36.4 Å². The van der Waals surface area contributed by atoms with Crippen molar-refractivity contribution in [3.63, 3.8) is 0 Å². The number of nitrogens with zero attached hydrogens (tertiary/aromatic N) is 1. The summed E-state index contributed by atoms with van der Waals surface area (Å²) in [5.41, 5.74) is 4.42. The first-order chi connectivity index (χ1) is 16.5. The molecule has 5 rings (SSSR count). The molecular weight excluding hydrogens is 448 g/mol. The van der Waals surface area contributed by atoms with Gasteiger partial charge >= 0.3 is 0 Å². The van der Waals surface area contributed by atoms with E-state index in [-0.39, 0.29) is 17.7 Å². The smallest absolute Gasteiger partial charge is 0.255 e. The predicted molar refractivity (Wildman–Crippen MR) is 136 cm³/mol. The zero-order valence-electron chi connectivity index (χ0n) is 18.6. The molecule has 6 nitrogen and oxygen atoms in total. The van der Waals surface area contributed by atoms with E-state index in [0.29, 0.717) is 27.6 Å². The molecule has 3 aromatic carbocycles. The van der Waals surface area contributed by atoms with Gasteiger partial charge in [-0.25, -0.2) is 4.98 Å². The molecule has 1 heterocycles. The number of aromatic amines is 1. The maximum atomic E-state index is 12.6. The zero-order valence-corrected chi connectivity index (χ0v) is 19.4. The van der Waals surface area contributed by atoms with Gasteiger partial charge in [0.25, 0.3) is 5.91 Å². The highest BCUT2D eigenvalue weighted by Gasteiger charge is 2.21. The van der Waals surface area contributed by atoms with E-state index in [9.17, 15) is 9.59 Å². The van der Waals surface area contributed by atoms with Crippen LogP contribution in [0.15, 0.2) is 66.7 Å². The van der Waals surface area contributed by atoms with Gasteiger partial charge in [0.1, 0.15) is 5.82 Å². The number of aromatic nitrogens is 2. The number of amides is 2. The topological polar surface area (TPSA) is 86.9 Å². The number of halogens is 1. The van der Waals surface area contributed by atoms with Crippen LogP contribution in [0, 0.1) is 5.92 Å². The van der Waals surface area contributed by atoms with Crippen molar-refractivity contribution in [3.05, 3.63) is 77.3 Å². The van der Waals surface area contributed by atoms with E-state index in [2.05, 4.69) is 20.6 Å². The third-order valence-electron chi connectivity index (χ3n) is 6.25. The molecule has 34 heavy (non-hydrogen) atoms. The summed E-state index contributed by atoms with van der Waals surface area (Å²) in [5.74, 6) is 0.720. The molecule has 172 valence electrons. The number of H-pyrrole nitrogens is 1. The predicted octanol–water partition coefficient (Wildman–Crippen LogP) is 6.65. The Hall–Kier alpha value is -3.64. The van der Waals surface area contributed by atoms with Crippen LogP contribution in [-0.2, 0) is 4.79 Å². The van der Waals surface area contributed by atoms with Crippen LogP contribution in [0.5, 0.6) is 0 Å². The van der Waals surface area contributed by atoms with E-state index in [4.69, 9.17) is 11.6 Å². The van der Waals surface area contributed by atoms with E-state index in [1.165, 1.54) is 6.42 Å². The summed E-state index contributed by atoms with van der Waals surface area (Å²) in [4.78, 5) is 33.1. The highest BCUT2D eigenvalue weighted by Crippen LogP contribution is 2.26. The van der Waals surface area contributed by atoms with Crippen molar-refractivity contribution in [2.45, 2.75) is 32.1 Å². The summed E-state index contributed by atoms with van der Waals surface area (Å²) < 4.78 is 0. The average molecular weight is 473 g/mol. The lowest BCUT2D eigenvalue weighted by atomic mass is 9.88. The lowest BCUT2D eigenvalue weighted by Crippen LogP contribution is -2.24. The lowest BCUT2D eigenvalue weighted by Gasteiger charge is -2.20. The third-order valence-corrected chi connectivity index (χ3v) is 6.50. The van der Waals surface area contributed by atoms with Crippen molar-refractivity contribution in [2.75, 3.05) is 10.6 Å². The van der Waals surface area contributed by atoms with Gasteiger partial charge in [0.05, 0.1) is 11.0 Å². The number of rotatable bonds is 5. The molecule has 0 unspecified atom stereocenters. The van der Waals surface area contributed by atoms with Crippen LogP contribution >= 0.6 is 11.6 Å². The van der Waals surface area contributed by atoms with Gasteiger partial charge in [-0.2, -0.15) is 0 Å². The maximum absolute atomic E-state index is 12.6. The second kappa shape index (κ2) is 9.69. The number of anilines is 2. The Labute approximate surface area is 202 Å². The molecule has 1 aliphatic rings. The number of fused-ring (bicyclic) bond motifs is 1. The Balaban J connectivity index is 1.28. The van der Waals surface area contributed by atoms with E-state index >= 15 is 0 Å². The molecule has 4 aromatic rings. The minimum atomic E-state index is -0.216. The quantitative estimate of drug-likeness (QED) is 0.303. The highest BCUT2D eigenvalue weighted by molar-refractivity contribution is 6.30. The number of carbonyl (C=O) groups excluding carboxylic acids is 2. The second-order valence-corrected chi connectivity index (χ2v) is 9.12. The van der Waals surface area contributed by atoms with Crippen molar-refractivity contribution in [2.24, 2.45) is 5.92 Å². The molecule has 2 amide bonds. The molecule has 0 aliphatic heterocycles. The molecule has 0 atom stereocenters. The maximum Gasteiger partial charge on any atom is 0.255 e. The summed E-state index contributed by atoms with van der Waals surface area (Å²) in [6.07, 6.45) is 5.44. The first-order valence-corrected chi connectivity index (χ1v) is 11.9. The Morgan fingerprint density at radius 1 is 0.853 bits per heavy atom. The molecule has 1 fully saturated rings. The van der Waals surface area contributed by atoms with Crippen LogP contribution in [0.25, 0.3) is 22.4 Å². The molecule has 3 N–H and O–H groups in total. The lowest BCUT2D eigenvalue weighted by molar-refractivity contribution is -0.120. The molecule has 1 aromatic heterocycles. The molecule has 0 bridgehead atoms. The number of nitrogens with one attached hydrogen (secondary N) is 3. The zero-order chi connectivity index (χ0) is 23.5. The summed E-state index contributed by atoms with van der Waals surface area (Å²) in [5, 5.41) is 6.52.